The molecular weight excluding hydrogens is 977 g/mol. The Bertz CT molecular complexity index is 2880. The fourth-order valence-corrected chi connectivity index (χ4v) is 8.78. The molecule has 15 atom stereocenters. The summed E-state index contributed by atoms with van der Waals surface area (Å²) in [5.41, 5.74) is -0.337. The second kappa shape index (κ2) is 22.6. The number of fused-ring (bicyclic) bond motifs is 1. The molecule has 0 radical (unpaired) electrons. The number of carbonyl (C=O) groups is 2. The third kappa shape index (κ3) is 11.8. The van der Waals surface area contributed by atoms with E-state index in [1.807, 2.05) is 0 Å². The average molecular weight is 1030 g/mol. The Labute approximate surface area is 420 Å². The van der Waals surface area contributed by atoms with Crippen LogP contribution in [0.3, 0.4) is 0 Å². The summed E-state index contributed by atoms with van der Waals surface area (Å²) in [7, 11) is 0. The van der Waals surface area contributed by atoms with Crippen LogP contribution in [0, 0.1) is 5.92 Å². The molecule has 5 aromatic rings. The lowest BCUT2D eigenvalue weighted by atomic mass is 9.82. The van der Waals surface area contributed by atoms with Gasteiger partial charge < -0.3 is 93.7 Å². The lowest BCUT2D eigenvalue weighted by Gasteiger charge is -2.47. The molecule has 2 aliphatic heterocycles. The Morgan fingerprint density at radius 2 is 1.19 bits per heavy atom. The van der Waals surface area contributed by atoms with Crippen molar-refractivity contribution in [1.82, 2.24) is 0 Å². The number of benzene rings is 4. The van der Waals surface area contributed by atoms with Crippen molar-refractivity contribution < 1.29 is 103 Å². The van der Waals surface area contributed by atoms with Gasteiger partial charge in [-0.3, -0.25) is 4.79 Å². The van der Waals surface area contributed by atoms with E-state index in [9.17, 15) is 70.6 Å². The van der Waals surface area contributed by atoms with E-state index in [1.165, 1.54) is 91.9 Å². The molecule has 1 saturated carbocycles. The van der Waals surface area contributed by atoms with E-state index in [1.54, 1.807) is 6.92 Å². The molecule has 8 rings (SSSR count). The Kier molecular flexibility index (Phi) is 16.2. The van der Waals surface area contributed by atoms with E-state index in [0.717, 1.165) is 24.3 Å². The molecule has 11 N–H and O–H groups in total. The van der Waals surface area contributed by atoms with Gasteiger partial charge in [0.05, 0.1) is 24.9 Å². The van der Waals surface area contributed by atoms with Gasteiger partial charge in [-0.1, -0.05) is 31.2 Å². The summed E-state index contributed by atoms with van der Waals surface area (Å²) in [6.45, 7) is 2.32. The van der Waals surface area contributed by atoms with Crippen molar-refractivity contribution in [3.8, 4) is 45.8 Å². The second-order valence-corrected chi connectivity index (χ2v) is 18.1. The number of carbonyl (C=O) groups excluding carboxylic acids is 2. The Morgan fingerprint density at radius 3 is 1.78 bits per heavy atom. The summed E-state index contributed by atoms with van der Waals surface area (Å²) in [5.74, 6) is -5.18. The lowest BCUT2D eigenvalue weighted by molar-refractivity contribution is -0.356. The van der Waals surface area contributed by atoms with Crippen LogP contribution in [-0.2, 0) is 38.0 Å². The van der Waals surface area contributed by atoms with Crippen molar-refractivity contribution in [2.24, 2.45) is 5.92 Å². The SMILES string of the molecule is C[C@@H]1C[C@@H](OC[C@@H]2O[C@H](Oc3c(-c4ccc(O)cc4)oc4cc(O)cc(O)c4c3=O)[C@H](O[C@H]3O[C@@H](C)[C@H](OC(=O)/C=C/c4ccc(O)cc4)[C@@H](O)[C@@H]3O)[C@@H](O)[C@@H]2OC(=O)/C=C\c2ccc(O)cc2)[C@@H](O)[C@H](O)[C@H]1O. The molecule has 0 unspecified atom stereocenters. The van der Waals surface area contributed by atoms with Gasteiger partial charge in [0.15, 0.2) is 30.4 Å². The maximum atomic E-state index is 14.6. The normalized spacial score (nSPS) is 30.4. The standard InChI is InChI=1S/C52H54O22/c1-23-19-34(40(61)42(63)39(23)60)67-22-35-48(72-37(59)18-8-26-5-13-29(54)14-6-26)45(66)50(74-51-44(65)43(64)46(24(2)68-51)71-36(58)17-7-25-3-11-28(53)12-4-25)52(70-35)73-49-41(62)38-32(57)20-31(56)21-33(38)69-47(49)27-9-15-30(55)16-10-27/h3-18,20-21,23-24,34-35,39-40,42-46,48,50-57,60-61,63-66H,19,22H2,1-2H3/b17-7+,18-8-/t23-,24+,34-,35+,39+,40-,42-,43+,44+,45+,46+,48-,50-,51-,52-/m1/s1. The van der Waals surface area contributed by atoms with E-state index in [-0.39, 0.29) is 40.6 Å². The molecule has 74 heavy (non-hydrogen) atoms. The number of aliphatic hydroxyl groups is 6. The molecule has 394 valence electrons. The maximum Gasteiger partial charge on any atom is 0.331 e. The molecule has 3 fully saturated rings. The number of aliphatic hydroxyl groups excluding tert-OH is 6. The smallest absolute Gasteiger partial charge is 0.331 e. The molecule has 4 aromatic carbocycles. The fraction of sp³-hybridized carbons (Fsp3) is 0.365. The van der Waals surface area contributed by atoms with Crippen molar-refractivity contribution >= 4 is 35.1 Å². The molecule has 22 nitrogen and oxygen atoms in total. The molecule has 1 aliphatic carbocycles. The van der Waals surface area contributed by atoms with Gasteiger partial charge in [0.1, 0.15) is 76.3 Å². The molecular formula is C52H54O22. The zero-order chi connectivity index (χ0) is 53.1. The van der Waals surface area contributed by atoms with Crippen LogP contribution in [0.2, 0.25) is 0 Å². The number of ether oxygens (including phenoxy) is 7. The first-order chi connectivity index (χ1) is 35.3. The predicted octanol–water partition coefficient (Wildman–Crippen LogP) is 2.06. The molecule has 0 spiro atoms. The molecule has 22 heteroatoms. The highest BCUT2D eigenvalue weighted by molar-refractivity contribution is 5.89. The first kappa shape index (κ1) is 53.2. The Hall–Kier alpha value is -7.09. The highest BCUT2D eigenvalue weighted by atomic mass is 16.8. The van der Waals surface area contributed by atoms with Gasteiger partial charge in [-0.15, -0.1) is 0 Å². The van der Waals surface area contributed by atoms with Gasteiger partial charge in [-0.2, -0.15) is 0 Å². The number of phenols is 5. The van der Waals surface area contributed by atoms with Crippen LogP contribution in [-0.4, -0.2) is 161 Å². The van der Waals surface area contributed by atoms with Crippen LogP contribution in [0.15, 0.2) is 106 Å². The van der Waals surface area contributed by atoms with Crippen molar-refractivity contribution in [2.75, 3.05) is 6.61 Å². The Balaban J connectivity index is 1.16. The van der Waals surface area contributed by atoms with Crippen molar-refractivity contribution in [2.45, 2.75) is 106 Å². The number of hydrogen-bond donors (Lipinski definition) is 11. The van der Waals surface area contributed by atoms with Crippen molar-refractivity contribution in [1.29, 1.82) is 0 Å². The van der Waals surface area contributed by atoms with Gasteiger partial charge in [0, 0.05) is 29.8 Å². The molecule has 3 aliphatic rings. The van der Waals surface area contributed by atoms with E-state index in [2.05, 4.69) is 0 Å². The number of aromatic hydroxyl groups is 5. The van der Waals surface area contributed by atoms with Gasteiger partial charge >= 0.3 is 11.9 Å². The molecule has 2 saturated heterocycles. The van der Waals surface area contributed by atoms with Crippen LogP contribution in [0.4, 0.5) is 0 Å². The van der Waals surface area contributed by atoms with E-state index in [0.29, 0.717) is 11.1 Å². The van der Waals surface area contributed by atoms with Crippen LogP contribution in [0.1, 0.15) is 31.4 Å². The van der Waals surface area contributed by atoms with Crippen LogP contribution in [0.25, 0.3) is 34.4 Å². The minimum absolute atomic E-state index is 0.00400. The summed E-state index contributed by atoms with van der Waals surface area (Å²) in [6.07, 6.45) is -19.4. The minimum atomic E-state index is -2.13. The number of rotatable bonds is 14. The summed E-state index contributed by atoms with van der Waals surface area (Å²) in [4.78, 5) is 41.1. The topological polar surface area (TPSA) is 351 Å². The highest BCUT2D eigenvalue weighted by Crippen LogP contribution is 2.40. The van der Waals surface area contributed by atoms with E-state index >= 15 is 0 Å². The quantitative estimate of drug-likeness (QED) is 0.0560. The third-order valence-electron chi connectivity index (χ3n) is 12.8. The van der Waals surface area contributed by atoms with Gasteiger partial charge in [0.2, 0.25) is 17.5 Å². The third-order valence-corrected chi connectivity index (χ3v) is 12.8. The highest BCUT2D eigenvalue weighted by Gasteiger charge is 2.54. The van der Waals surface area contributed by atoms with Gasteiger partial charge in [-0.25, -0.2) is 9.59 Å². The number of hydrogen-bond acceptors (Lipinski definition) is 22. The Morgan fingerprint density at radius 1 is 0.622 bits per heavy atom. The van der Waals surface area contributed by atoms with Crippen molar-refractivity contribution in [3.05, 3.63) is 118 Å². The second-order valence-electron chi connectivity index (χ2n) is 18.1. The van der Waals surface area contributed by atoms with Crippen LogP contribution in [0.5, 0.6) is 34.5 Å². The first-order valence-corrected chi connectivity index (χ1v) is 23.3. The van der Waals surface area contributed by atoms with E-state index in [4.69, 9.17) is 37.6 Å². The number of phenolic OH excluding ortho intramolecular Hbond substituents is 5. The fourth-order valence-electron chi connectivity index (χ4n) is 8.78. The molecule has 1 aromatic heterocycles. The summed E-state index contributed by atoms with van der Waals surface area (Å²) in [5, 5.41) is 118. The van der Waals surface area contributed by atoms with Gasteiger partial charge in [0.25, 0.3) is 0 Å². The van der Waals surface area contributed by atoms with Gasteiger partial charge in [-0.05, 0) is 91.1 Å². The monoisotopic (exact) mass is 1030 g/mol. The predicted molar refractivity (Wildman–Crippen MR) is 255 cm³/mol. The average Bonchev–Trinajstić information content (AvgIpc) is 3.36. The minimum Gasteiger partial charge on any atom is -0.508 e. The van der Waals surface area contributed by atoms with Crippen LogP contribution >= 0.6 is 0 Å². The zero-order valence-electron chi connectivity index (χ0n) is 39.4. The maximum absolute atomic E-state index is 14.6. The zero-order valence-corrected chi connectivity index (χ0v) is 39.4. The lowest BCUT2D eigenvalue weighted by Crippen LogP contribution is -2.66. The summed E-state index contributed by atoms with van der Waals surface area (Å²) < 4.78 is 48.2. The molecule has 0 bridgehead atoms. The van der Waals surface area contributed by atoms with Crippen molar-refractivity contribution in [3.63, 3.8) is 0 Å². The van der Waals surface area contributed by atoms with Crippen LogP contribution < -0.4 is 10.2 Å². The largest absolute Gasteiger partial charge is 0.508 e. The number of esters is 2. The summed E-state index contributed by atoms with van der Waals surface area (Å²) >= 11 is 0. The summed E-state index contributed by atoms with van der Waals surface area (Å²) in [6, 6.07) is 18.6. The molecule has 3 heterocycles. The first-order valence-electron chi connectivity index (χ1n) is 23.3. The molecule has 0 amide bonds. The van der Waals surface area contributed by atoms with E-state index < -0.39 is 138 Å².